The van der Waals surface area contributed by atoms with Gasteiger partial charge in [0.05, 0.1) is 26.0 Å². The Balaban J connectivity index is 1.81. The van der Waals surface area contributed by atoms with E-state index in [9.17, 15) is 4.79 Å². The highest BCUT2D eigenvalue weighted by Gasteiger charge is 2.15. The standard InChI is InChI=1S/C19H20N4O2/c1-25-19(24)14-22(13-16-5-3-2-4-6-16)15-23-18(9-12-21-23)17-7-10-20-11-8-17/h2-12H,13-15H2,1H3. The summed E-state index contributed by atoms with van der Waals surface area (Å²) in [5.41, 5.74) is 3.14. The van der Waals surface area contributed by atoms with Crippen molar-refractivity contribution in [1.29, 1.82) is 0 Å². The van der Waals surface area contributed by atoms with Crippen LogP contribution < -0.4 is 0 Å². The third-order valence-electron chi connectivity index (χ3n) is 3.86. The molecule has 0 radical (unpaired) electrons. The highest BCUT2D eigenvalue weighted by Crippen LogP contribution is 2.18. The lowest BCUT2D eigenvalue weighted by Gasteiger charge is -2.22. The first-order valence-electron chi connectivity index (χ1n) is 8.01. The number of rotatable bonds is 7. The van der Waals surface area contributed by atoms with Crippen LogP contribution in [-0.2, 0) is 22.7 Å². The third-order valence-corrected chi connectivity index (χ3v) is 3.86. The molecule has 0 saturated carbocycles. The molecule has 0 bridgehead atoms. The Morgan fingerprint density at radius 1 is 1.08 bits per heavy atom. The summed E-state index contributed by atoms with van der Waals surface area (Å²) in [5.74, 6) is -0.270. The maximum absolute atomic E-state index is 11.8. The summed E-state index contributed by atoms with van der Waals surface area (Å²) in [7, 11) is 1.40. The minimum atomic E-state index is -0.270. The van der Waals surface area contributed by atoms with Crippen LogP contribution >= 0.6 is 0 Å². The van der Waals surface area contributed by atoms with Gasteiger partial charge >= 0.3 is 5.97 Å². The topological polar surface area (TPSA) is 60.2 Å². The molecule has 2 heterocycles. The van der Waals surface area contributed by atoms with E-state index in [1.807, 2.05) is 58.1 Å². The van der Waals surface area contributed by atoms with Gasteiger partial charge in [-0.2, -0.15) is 5.10 Å². The first-order valence-corrected chi connectivity index (χ1v) is 8.01. The van der Waals surface area contributed by atoms with E-state index in [2.05, 4.69) is 10.1 Å². The van der Waals surface area contributed by atoms with Crippen LogP contribution in [0.2, 0.25) is 0 Å². The van der Waals surface area contributed by atoms with Crippen LogP contribution in [0.4, 0.5) is 0 Å². The maximum Gasteiger partial charge on any atom is 0.319 e. The van der Waals surface area contributed by atoms with Crippen molar-refractivity contribution in [2.45, 2.75) is 13.2 Å². The Labute approximate surface area is 146 Å². The zero-order chi connectivity index (χ0) is 17.5. The van der Waals surface area contributed by atoms with Crippen molar-refractivity contribution in [3.63, 3.8) is 0 Å². The normalized spacial score (nSPS) is 10.8. The molecule has 3 rings (SSSR count). The van der Waals surface area contributed by atoms with Crippen molar-refractivity contribution < 1.29 is 9.53 Å². The Morgan fingerprint density at radius 2 is 1.84 bits per heavy atom. The molecule has 0 amide bonds. The number of hydrogen-bond acceptors (Lipinski definition) is 5. The number of nitrogens with zero attached hydrogens (tertiary/aromatic N) is 4. The van der Waals surface area contributed by atoms with Gasteiger partial charge in [0, 0.05) is 30.7 Å². The number of benzene rings is 1. The highest BCUT2D eigenvalue weighted by molar-refractivity contribution is 5.71. The number of ether oxygens (including phenoxy) is 1. The van der Waals surface area contributed by atoms with Crippen molar-refractivity contribution in [2.24, 2.45) is 0 Å². The number of methoxy groups -OCH3 is 1. The van der Waals surface area contributed by atoms with Gasteiger partial charge in [0.2, 0.25) is 0 Å². The number of hydrogen-bond donors (Lipinski definition) is 0. The van der Waals surface area contributed by atoms with E-state index in [1.54, 1.807) is 18.6 Å². The second kappa shape index (κ2) is 8.21. The molecule has 0 aliphatic carbocycles. The molecule has 0 spiro atoms. The average molecular weight is 336 g/mol. The van der Waals surface area contributed by atoms with E-state index in [-0.39, 0.29) is 12.5 Å². The van der Waals surface area contributed by atoms with Gasteiger partial charge in [-0.1, -0.05) is 30.3 Å². The molecule has 0 unspecified atom stereocenters. The third kappa shape index (κ3) is 4.51. The van der Waals surface area contributed by atoms with Gasteiger partial charge in [0.15, 0.2) is 0 Å². The van der Waals surface area contributed by atoms with Crippen molar-refractivity contribution >= 4 is 5.97 Å². The maximum atomic E-state index is 11.8. The fourth-order valence-corrected chi connectivity index (χ4v) is 2.65. The van der Waals surface area contributed by atoms with Crippen LogP contribution in [0.25, 0.3) is 11.3 Å². The van der Waals surface area contributed by atoms with Crippen LogP contribution in [0.5, 0.6) is 0 Å². The van der Waals surface area contributed by atoms with Crippen molar-refractivity contribution in [1.82, 2.24) is 19.7 Å². The summed E-state index contributed by atoms with van der Waals surface area (Å²) >= 11 is 0. The van der Waals surface area contributed by atoms with Crippen molar-refractivity contribution in [3.8, 4) is 11.3 Å². The molecule has 0 atom stereocenters. The summed E-state index contributed by atoms with van der Waals surface area (Å²) in [4.78, 5) is 17.8. The van der Waals surface area contributed by atoms with Crippen LogP contribution in [-0.4, -0.2) is 39.3 Å². The van der Waals surface area contributed by atoms with Gasteiger partial charge in [0.1, 0.15) is 0 Å². The molecule has 25 heavy (non-hydrogen) atoms. The lowest BCUT2D eigenvalue weighted by atomic mass is 10.2. The molecule has 0 N–H and O–H groups in total. The lowest BCUT2D eigenvalue weighted by molar-refractivity contribution is -0.142. The SMILES string of the molecule is COC(=O)CN(Cc1ccccc1)Cn1nccc1-c1ccncc1. The first kappa shape index (κ1) is 16.9. The Hall–Kier alpha value is -2.99. The molecule has 0 aliphatic rings. The van der Waals surface area contributed by atoms with E-state index in [0.717, 1.165) is 16.8 Å². The average Bonchev–Trinajstić information content (AvgIpc) is 3.11. The van der Waals surface area contributed by atoms with Gasteiger partial charge in [-0.05, 0) is 23.8 Å². The Kier molecular flexibility index (Phi) is 5.53. The summed E-state index contributed by atoms with van der Waals surface area (Å²) < 4.78 is 6.71. The van der Waals surface area contributed by atoms with Crippen LogP contribution in [0.3, 0.4) is 0 Å². The summed E-state index contributed by atoms with van der Waals surface area (Å²) in [6, 6.07) is 15.9. The number of pyridine rings is 1. The molecule has 6 nitrogen and oxygen atoms in total. The van der Waals surface area contributed by atoms with Gasteiger partial charge in [-0.3, -0.25) is 19.4 Å². The van der Waals surface area contributed by atoms with Gasteiger partial charge in [-0.15, -0.1) is 0 Å². The van der Waals surface area contributed by atoms with E-state index >= 15 is 0 Å². The van der Waals surface area contributed by atoms with Gasteiger partial charge in [-0.25, -0.2) is 0 Å². The lowest BCUT2D eigenvalue weighted by Crippen LogP contribution is -2.32. The Bertz CT molecular complexity index is 803. The predicted octanol–water partition coefficient (Wildman–Crippen LogP) is 2.58. The van der Waals surface area contributed by atoms with Crippen LogP contribution in [0.15, 0.2) is 67.1 Å². The quantitative estimate of drug-likeness (QED) is 0.621. The highest BCUT2D eigenvalue weighted by atomic mass is 16.5. The van der Waals surface area contributed by atoms with E-state index in [1.165, 1.54) is 7.11 Å². The summed E-state index contributed by atoms with van der Waals surface area (Å²) in [6.07, 6.45) is 5.26. The summed E-state index contributed by atoms with van der Waals surface area (Å²) in [5, 5.41) is 4.41. The molecule has 0 saturated heterocycles. The first-order chi connectivity index (χ1) is 12.3. The zero-order valence-electron chi connectivity index (χ0n) is 14.1. The van der Waals surface area contributed by atoms with E-state index < -0.39 is 0 Å². The predicted molar refractivity (Wildman–Crippen MR) is 94.3 cm³/mol. The molecule has 0 fully saturated rings. The van der Waals surface area contributed by atoms with E-state index in [0.29, 0.717) is 13.2 Å². The number of carbonyl (C=O) groups excluding carboxylic acids is 1. The Morgan fingerprint density at radius 3 is 2.56 bits per heavy atom. The number of aromatic nitrogens is 3. The van der Waals surface area contributed by atoms with Crippen molar-refractivity contribution in [2.75, 3.05) is 13.7 Å². The second-order valence-electron chi connectivity index (χ2n) is 5.64. The smallest absolute Gasteiger partial charge is 0.319 e. The van der Waals surface area contributed by atoms with Crippen molar-refractivity contribution in [3.05, 3.63) is 72.7 Å². The molecule has 3 aromatic rings. The molecule has 6 heteroatoms. The minimum Gasteiger partial charge on any atom is -0.468 e. The van der Waals surface area contributed by atoms with E-state index in [4.69, 9.17) is 4.74 Å². The molecular formula is C19H20N4O2. The number of esters is 1. The van der Waals surface area contributed by atoms with Gasteiger partial charge < -0.3 is 4.74 Å². The second-order valence-corrected chi connectivity index (χ2v) is 5.64. The zero-order valence-corrected chi connectivity index (χ0v) is 14.1. The van der Waals surface area contributed by atoms with Gasteiger partial charge in [0.25, 0.3) is 0 Å². The van der Waals surface area contributed by atoms with Crippen LogP contribution in [0.1, 0.15) is 5.56 Å². The molecule has 1 aromatic carbocycles. The largest absolute Gasteiger partial charge is 0.468 e. The molecule has 2 aromatic heterocycles. The fourth-order valence-electron chi connectivity index (χ4n) is 2.65. The number of carbonyl (C=O) groups is 1. The molecular weight excluding hydrogens is 316 g/mol. The van der Waals surface area contributed by atoms with Crippen LogP contribution in [0, 0.1) is 0 Å². The minimum absolute atomic E-state index is 0.195. The monoisotopic (exact) mass is 336 g/mol. The fraction of sp³-hybridized carbons (Fsp3) is 0.211. The molecule has 128 valence electrons. The molecule has 0 aliphatic heterocycles. The summed E-state index contributed by atoms with van der Waals surface area (Å²) in [6.45, 7) is 1.31.